The van der Waals surface area contributed by atoms with Gasteiger partial charge in [-0.2, -0.15) is 4.98 Å². The number of hydrogen-bond donors (Lipinski definition) is 1. The molecular weight excluding hydrogens is 458 g/mol. The van der Waals surface area contributed by atoms with E-state index in [2.05, 4.69) is 26.8 Å². The quantitative estimate of drug-likeness (QED) is 0.191. The van der Waals surface area contributed by atoms with Crippen LogP contribution in [0.4, 0.5) is 5.95 Å². The number of carbonyl (C=O) groups excluding carboxylic acids is 1. The zero-order valence-corrected chi connectivity index (χ0v) is 20.3. The van der Waals surface area contributed by atoms with Crippen LogP contribution in [0.3, 0.4) is 0 Å². The van der Waals surface area contributed by atoms with Gasteiger partial charge in [0.15, 0.2) is 0 Å². The number of nitrogen functional groups attached to an aromatic ring is 1. The largest absolute Gasteiger partial charge is 0.496 e. The Balaban J connectivity index is 1.76. The Morgan fingerprint density at radius 2 is 2.00 bits per heavy atom. The molecule has 2 N–H and O–H groups in total. The average Bonchev–Trinajstić information content (AvgIpc) is 3.14. The third-order valence-electron chi connectivity index (χ3n) is 5.11. The number of aromatic nitrogens is 4. The van der Waals surface area contributed by atoms with Crippen LogP contribution in [0.1, 0.15) is 35.2 Å². The van der Waals surface area contributed by atoms with Crippen LogP contribution in [0.2, 0.25) is 5.15 Å². The van der Waals surface area contributed by atoms with Crippen molar-refractivity contribution >= 4 is 34.9 Å². The van der Waals surface area contributed by atoms with Crippen LogP contribution < -0.4 is 10.5 Å². The number of nitrogens with zero attached hydrogens (tertiary/aromatic N) is 4. The minimum Gasteiger partial charge on any atom is -0.496 e. The van der Waals surface area contributed by atoms with Crippen molar-refractivity contribution in [2.24, 2.45) is 0 Å². The van der Waals surface area contributed by atoms with Gasteiger partial charge in [0, 0.05) is 36.5 Å². The Labute approximate surface area is 203 Å². The van der Waals surface area contributed by atoms with Crippen LogP contribution in [-0.4, -0.2) is 59.3 Å². The number of hydrogen-bond acceptors (Lipinski definition) is 8. The van der Waals surface area contributed by atoms with Gasteiger partial charge in [-0.05, 0) is 20.3 Å². The lowest BCUT2D eigenvalue weighted by atomic mass is 10.1. The monoisotopic (exact) mass is 485 g/mol. The topological polar surface area (TPSA) is 114 Å². The van der Waals surface area contributed by atoms with Crippen molar-refractivity contribution < 1.29 is 19.0 Å². The molecule has 0 spiro atoms. The molecule has 34 heavy (non-hydrogen) atoms. The molecule has 0 bridgehead atoms. The zero-order valence-electron chi connectivity index (χ0n) is 19.6. The van der Waals surface area contributed by atoms with Crippen LogP contribution >= 0.6 is 11.6 Å². The van der Waals surface area contributed by atoms with E-state index in [1.54, 1.807) is 13.3 Å². The van der Waals surface area contributed by atoms with Gasteiger partial charge in [0.1, 0.15) is 29.4 Å². The van der Waals surface area contributed by atoms with E-state index in [-0.39, 0.29) is 17.7 Å². The number of halogens is 1. The normalized spacial score (nSPS) is 10.8. The molecule has 0 aromatic carbocycles. The number of rotatable bonds is 11. The van der Waals surface area contributed by atoms with Crippen LogP contribution in [0.25, 0.3) is 11.0 Å². The van der Waals surface area contributed by atoms with Crippen molar-refractivity contribution in [3.8, 4) is 17.6 Å². The molecule has 0 saturated heterocycles. The summed E-state index contributed by atoms with van der Waals surface area (Å²) < 4.78 is 18.3. The second kappa shape index (κ2) is 12.3. The molecule has 9 nitrogen and oxygen atoms in total. The first kappa shape index (κ1) is 25.4. The number of aryl methyl sites for hydroxylation is 1. The molecular formula is C24H28ClN5O4. The van der Waals surface area contributed by atoms with Crippen LogP contribution in [0.5, 0.6) is 5.75 Å². The molecule has 0 fully saturated rings. The molecule has 0 aliphatic rings. The van der Waals surface area contributed by atoms with E-state index < -0.39 is 0 Å². The smallest absolute Gasteiger partial charge is 0.223 e. The third kappa shape index (κ3) is 6.23. The summed E-state index contributed by atoms with van der Waals surface area (Å²) in [7, 11) is 1.65. The lowest BCUT2D eigenvalue weighted by Gasteiger charge is -2.13. The molecule has 0 radical (unpaired) electrons. The predicted octanol–water partition coefficient (Wildman–Crippen LogP) is 3.10. The first-order valence-electron chi connectivity index (χ1n) is 10.8. The Morgan fingerprint density at radius 1 is 1.21 bits per heavy atom. The van der Waals surface area contributed by atoms with E-state index in [9.17, 15) is 4.79 Å². The number of carbonyl (C=O) groups is 1. The van der Waals surface area contributed by atoms with Gasteiger partial charge in [-0.25, -0.2) is 4.98 Å². The molecule has 0 unspecified atom stereocenters. The highest BCUT2D eigenvalue weighted by Gasteiger charge is 2.17. The van der Waals surface area contributed by atoms with E-state index in [0.29, 0.717) is 49.4 Å². The van der Waals surface area contributed by atoms with Gasteiger partial charge in [-0.15, -0.1) is 0 Å². The number of pyridine rings is 1. The van der Waals surface area contributed by atoms with Crippen molar-refractivity contribution in [2.45, 2.75) is 33.2 Å². The van der Waals surface area contributed by atoms with Gasteiger partial charge in [0.2, 0.25) is 5.95 Å². The van der Waals surface area contributed by atoms with Gasteiger partial charge in [0.25, 0.3) is 0 Å². The standard InChI is InChI=1S/C24H28ClN5O4/c1-16-13-27-19(17(2)21(16)32-3)15-30-14-18(20-22(25)28-24(26)29-23(20)30)7-4-9-33-11-6-12-34-10-5-8-31/h8,13-14H,5-6,9-12,15H2,1-3H3,(H2,26,28,29). The molecule has 0 saturated carbocycles. The van der Waals surface area contributed by atoms with Gasteiger partial charge in [-0.3, -0.25) is 4.98 Å². The molecule has 0 atom stereocenters. The van der Waals surface area contributed by atoms with Gasteiger partial charge < -0.3 is 29.3 Å². The minimum absolute atomic E-state index is 0.0845. The summed E-state index contributed by atoms with van der Waals surface area (Å²) in [4.78, 5) is 23.3. The molecule has 3 aromatic rings. The summed E-state index contributed by atoms with van der Waals surface area (Å²) in [6.07, 6.45) is 5.63. The molecule has 0 aliphatic heterocycles. The highest BCUT2D eigenvalue weighted by atomic mass is 35.5. The fraction of sp³-hybridized carbons (Fsp3) is 0.417. The summed E-state index contributed by atoms with van der Waals surface area (Å²) in [5.74, 6) is 7.00. The Kier molecular flexibility index (Phi) is 9.22. The van der Waals surface area contributed by atoms with Crippen molar-refractivity contribution in [1.82, 2.24) is 19.5 Å². The number of ether oxygens (including phenoxy) is 3. The van der Waals surface area contributed by atoms with Crippen molar-refractivity contribution in [3.63, 3.8) is 0 Å². The lowest BCUT2D eigenvalue weighted by molar-refractivity contribution is -0.108. The van der Waals surface area contributed by atoms with Crippen LogP contribution in [0, 0.1) is 25.7 Å². The highest BCUT2D eigenvalue weighted by molar-refractivity contribution is 6.34. The highest BCUT2D eigenvalue weighted by Crippen LogP contribution is 2.29. The first-order chi connectivity index (χ1) is 16.5. The van der Waals surface area contributed by atoms with Gasteiger partial charge >= 0.3 is 0 Å². The second-order valence-electron chi connectivity index (χ2n) is 7.56. The summed E-state index contributed by atoms with van der Waals surface area (Å²) in [6, 6.07) is 0. The van der Waals surface area contributed by atoms with Gasteiger partial charge in [-0.1, -0.05) is 23.4 Å². The van der Waals surface area contributed by atoms with E-state index in [1.165, 1.54) is 0 Å². The number of aldehydes is 1. The van der Waals surface area contributed by atoms with Crippen molar-refractivity contribution in [2.75, 3.05) is 39.3 Å². The molecule has 3 rings (SSSR count). The second-order valence-corrected chi connectivity index (χ2v) is 7.92. The third-order valence-corrected chi connectivity index (χ3v) is 5.39. The van der Waals surface area contributed by atoms with Gasteiger partial charge in [0.05, 0.1) is 43.5 Å². The Bertz CT molecular complexity index is 1220. The fourth-order valence-corrected chi connectivity index (χ4v) is 3.79. The van der Waals surface area contributed by atoms with E-state index in [0.717, 1.165) is 35.3 Å². The number of methoxy groups -OCH3 is 1. The maximum Gasteiger partial charge on any atom is 0.223 e. The van der Waals surface area contributed by atoms with Crippen LogP contribution in [0.15, 0.2) is 12.4 Å². The average molecular weight is 486 g/mol. The summed E-state index contributed by atoms with van der Waals surface area (Å²) in [5.41, 5.74) is 9.88. The minimum atomic E-state index is 0.0845. The maximum atomic E-state index is 10.2. The van der Waals surface area contributed by atoms with E-state index in [4.69, 9.17) is 31.5 Å². The van der Waals surface area contributed by atoms with Crippen LogP contribution in [-0.2, 0) is 20.8 Å². The summed E-state index contributed by atoms with van der Waals surface area (Å²) in [5, 5.41) is 0.869. The Hall–Kier alpha value is -3.19. The maximum absolute atomic E-state index is 10.2. The number of anilines is 1. The summed E-state index contributed by atoms with van der Waals surface area (Å²) in [6.45, 7) is 6.11. The molecule has 0 amide bonds. The Morgan fingerprint density at radius 3 is 2.76 bits per heavy atom. The molecule has 0 aliphatic carbocycles. The molecule has 10 heteroatoms. The fourth-order valence-electron chi connectivity index (χ4n) is 3.52. The molecule has 3 aromatic heterocycles. The molecule has 180 valence electrons. The van der Waals surface area contributed by atoms with Crippen molar-refractivity contribution in [1.29, 1.82) is 0 Å². The van der Waals surface area contributed by atoms with E-state index in [1.807, 2.05) is 24.6 Å². The predicted molar refractivity (Wildman–Crippen MR) is 130 cm³/mol. The first-order valence-corrected chi connectivity index (χ1v) is 11.2. The molecule has 3 heterocycles. The summed E-state index contributed by atoms with van der Waals surface area (Å²) >= 11 is 6.40. The lowest BCUT2D eigenvalue weighted by Crippen LogP contribution is -2.07. The number of fused-ring (bicyclic) bond motifs is 1. The number of nitrogens with two attached hydrogens (primary N) is 1. The zero-order chi connectivity index (χ0) is 24.5. The van der Waals surface area contributed by atoms with Crippen molar-refractivity contribution in [3.05, 3.63) is 39.9 Å². The SMILES string of the molecule is COc1c(C)cnc(Cn2cc(C#CCOCCCOCCC=O)c3c(Cl)nc(N)nc32)c1C. The van der Waals surface area contributed by atoms with E-state index >= 15 is 0 Å².